The van der Waals surface area contributed by atoms with Crippen LogP contribution in [0.5, 0.6) is 0 Å². The normalized spacial score (nSPS) is 11.6. The first-order chi connectivity index (χ1) is 12.8. The largest absolute Gasteiger partial charge is 0.355 e. The second kappa shape index (κ2) is 13.7. The Morgan fingerprint density at radius 3 is 2.18 bits per heavy atom. The predicted molar refractivity (Wildman–Crippen MR) is 125 cm³/mol. The minimum atomic E-state index is -0.373. The van der Waals surface area contributed by atoms with E-state index in [9.17, 15) is 9.18 Å². The van der Waals surface area contributed by atoms with Gasteiger partial charge in [0.25, 0.3) is 5.91 Å². The average molecular weight is 507 g/mol. The number of hydrogen-bond acceptors (Lipinski definition) is 3. The smallest absolute Gasteiger partial charge is 0.251 e. The lowest BCUT2D eigenvalue weighted by Crippen LogP contribution is -2.46. The number of nitrogens with one attached hydrogen (secondary N) is 3. The fraction of sp³-hybridized carbons (Fsp3) is 0.600. The van der Waals surface area contributed by atoms with Crippen LogP contribution in [0.3, 0.4) is 0 Å². The molecular weight excluding hydrogens is 472 g/mol. The van der Waals surface area contributed by atoms with E-state index in [4.69, 9.17) is 0 Å². The van der Waals surface area contributed by atoms with Gasteiger partial charge in [-0.05, 0) is 52.3 Å². The Morgan fingerprint density at radius 2 is 1.64 bits per heavy atom. The summed E-state index contributed by atoms with van der Waals surface area (Å²) in [6.45, 7) is 13.1. The number of nitrogens with zero attached hydrogens (tertiary/aromatic N) is 2. The third-order valence-corrected chi connectivity index (χ3v) is 4.35. The van der Waals surface area contributed by atoms with Gasteiger partial charge in [0.05, 0.1) is 0 Å². The van der Waals surface area contributed by atoms with Crippen LogP contribution < -0.4 is 16.0 Å². The van der Waals surface area contributed by atoms with E-state index in [1.165, 1.54) is 6.07 Å². The van der Waals surface area contributed by atoms with E-state index in [0.29, 0.717) is 42.3 Å². The summed E-state index contributed by atoms with van der Waals surface area (Å²) < 4.78 is 13.5. The quantitative estimate of drug-likeness (QED) is 0.208. The summed E-state index contributed by atoms with van der Waals surface area (Å²) in [7, 11) is 1.71. The molecule has 0 saturated carbocycles. The Kier molecular flexibility index (Phi) is 13.0. The first-order valence-corrected chi connectivity index (χ1v) is 9.50. The standard InChI is InChI=1S/C20H34FN5O.HI/c1-14(2)26(15(3)4)12-11-25-20(22-6)24-10-9-23-19(27)17-8-7-16(5)18(21)13-17;/h7-8,13-15H,9-12H2,1-6H3,(H,23,27)(H2,22,24,25);1H. The molecule has 0 aromatic heterocycles. The molecule has 160 valence electrons. The van der Waals surface area contributed by atoms with E-state index in [1.807, 2.05) is 0 Å². The second-order valence-electron chi connectivity index (χ2n) is 7.07. The number of aliphatic imine (C=N–C) groups is 1. The summed E-state index contributed by atoms with van der Waals surface area (Å²) in [5.74, 6) is 0.0310. The van der Waals surface area contributed by atoms with Crippen molar-refractivity contribution in [1.29, 1.82) is 0 Å². The van der Waals surface area contributed by atoms with Crippen molar-refractivity contribution < 1.29 is 9.18 Å². The summed E-state index contributed by atoms with van der Waals surface area (Å²) in [5.41, 5.74) is 0.847. The zero-order valence-corrected chi connectivity index (χ0v) is 20.1. The first kappa shape index (κ1) is 26.6. The van der Waals surface area contributed by atoms with Crippen LogP contribution in [0.15, 0.2) is 23.2 Å². The van der Waals surface area contributed by atoms with Gasteiger partial charge >= 0.3 is 0 Å². The van der Waals surface area contributed by atoms with Gasteiger partial charge in [-0.1, -0.05) is 6.07 Å². The van der Waals surface area contributed by atoms with Crippen molar-refractivity contribution in [3.8, 4) is 0 Å². The van der Waals surface area contributed by atoms with Crippen molar-refractivity contribution >= 4 is 35.8 Å². The zero-order valence-electron chi connectivity index (χ0n) is 17.8. The molecule has 28 heavy (non-hydrogen) atoms. The molecule has 0 aliphatic carbocycles. The van der Waals surface area contributed by atoms with Crippen LogP contribution >= 0.6 is 24.0 Å². The van der Waals surface area contributed by atoms with Crippen molar-refractivity contribution in [3.63, 3.8) is 0 Å². The summed E-state index contributed by atoms with van der Waals surface area (Å²) >= 11 is 0. The lowest BCUT2D eigenvalue weighted by atomic mass is 10.1. The molecule has 0 heterocycles. The van der Waals surface area contributed by atoms with E-state index >= 15 is 0 Å². The van der Waals surface area contributed by atoms with Gasteiger partial charge < -0.3 is 16.0 Å². The molecule has 6 nitrogen and oxygen atoms in total. The fourth-order valence-corrected chi connectivity index (χ4v) is 2.83. The van der Waals surface area contributed by atoms with Gasteiger partial charge in [0.15, 0.2) is 5.96 Å². The third-order valence-electron chi connectivity index (χ3n) is 4.35. The van der Waals surface area contributed by atoms with Crippen molar-refractivity contribution in [2.45, 2.75) is 46.7 Å². The van der Waals surface area contributed by atoms with Gasteiger partial charge in [-0.15, -0.1) is 24.0 Å². The number of benzene rings is 1. The average Bonchev–Trinajstić information content (AvgIpc) is 2.61. The molecule has 0 saturated heterocycles. The summed E-state index contributed by atoms with van der Waals surface area (Å²) in [4.78, 5) is 18.6. The van der Waals surface area contributed by atoms with Crippen molar-refractivity contribution in [3.05, 3.63) is 35.1 Å². The SMILES string of the molecule is CN=C(NCCNC(=O)c1ccc(C)c(F)c1)NCCN(C(C)C)C(C)C.I. The maximum Gasteiger partial charge on any atom is 0.251 e. The van der Waals surface area contributed by atoms with Crippen molar-refractivity contribution in [1.82, 2.24) is 20.9 Å². The lowest BCUT2D eigenvalue weighted by molar-refractivity contribution is 0.0954. The highest BCUT2D eigenvalue weighted by atomic mass is 127. The molecule has 0 spiro atoms. The molecule has 1 aromatic rings. The number of hydrogen-bond donors (Lipinski definition) is 3. The second-order valence-corrected chi connectivity index (χ2v) is 7.07. The summed E-state index contributed by atoms with van der Waals surface area (Å²) in [5, 5.41) is 9.21. The van der Waals surface area contributed by atoms with E-state index in [1.54, 1.807) is 26.1 Å². The van der Waals surface area contributed by atoms with Gasteiger partial charge in [0, 0.05) is 50.9 Å². The molecule has 0 unspecified atom stereocenters. The molecular formula is C20H35FIN5O. The molecule has 0 bridgehead atoms. The van der Waals surface area contributed by atoms with Crippen LogP contribution in [0.2, 0.25) is 0 Å². The molecule has 0 radical (unpaired) electrons. The van der Waals surface area contributed by atoms with Gasteiger partial charge in [-0.25, -0.2) is 4.39 Å². The van der Waals surface area contributed by atoms with Crippen LogP contribution in [0, 0.1) is 12.7 Å². The van der Waals surface area contributed by atoms with Gasteiger partial charge in [-0.2, -0.15) is 0 Å². The van der Waals surface area contributed by atoms with E-state index in [-0.39, 0.29) is 35.7 Å². The summed E-state index contributed by atoms with van der Waals surface area (Å²) in [6.07, 6.45) is 0. The highest BCUT2D eigenvalue weighted by Gasteiger charge is 2.12. The monoisotopic (exact) mass is 507 g/mol. The Bertz CT molecular complexity index is 629. The molecule has 1 aromatic carbocycles. The number of carbonyl (C=O) groups is 1. The van der Waals surface area contributed by atoms with Crippen molar-refractivity contribution in [2.24, 2.45) is 4.99 Å². The number of aryl methyl sites for hydroxylation is 1. The highest BCUT2D eigenvalue weighted by molar-refractivity contribution is 14.0. The topological polar surface area (TPSA) is 68.8 Å². The van der Waals surface area contributed by atoms with Crippen LogP contribution in [-0.2, 0) is 0 Å². The van der Waals surface area contributed by atoms with E-state index in [0.717, 1.165) is 13.1 Å². The Hall–Kier alpha value is -1.42. The maximum absolute atomic E-state index is 13.5. The first-order valence-electron chi connectivity index (χ1n) is 9.50. The van der Waals surface area contributed by atoms with E-state index < -0.39 is 0 Å². The number of amides is 1. The summed E-state index contributed by atoms with van der Waals surface area (Å²) in [6, 6.07) is 5.46. The van der Waals surface area contributed by atoms with Crippen LogP contribution in [0.25, 0.3) is 0 Å². The van der Waals surface area contributed by atoms with Crippen LogP contribution in [-0.4, -0.2) is 62.1 Å². The lowest BCUT2D eigenvalue weighted by Gasteiger charge is -2.30. The highest BCUT2D eigenvalue weighted by Crippen LogP contribution is 2.08. The molecule has 8 heteroatoms. The van der Waals surface area contributed by atoms with Crippen LogP contribution in [0.4, 0.5) is 4.39 Å². The molecule has 0 fully saturated rings. The third kappa shape index (κ3) is 9.18. The van der Waals surface area contributed by atoms with Gasteiger partial charge in [0.2, 0.25) is 0 Å². The number of rotatable bonds is 9. The predicted octanol–water partition coefficient (Wildman–Crippen LogP) is 2.77. The molecule has 3 N–H and O–H groups in total. The Balaban J connectivity index is 0.00000729. The number of halogens is 2. The fourth-order valence-electron chi connectivity index (χ4n) is 2.83. The van der Waals surface area contributed by atoms with Gasteiger partial charge in [-0.3, -0.25) is 14.7 Å². The number of guanidine groups is 1. The molecule has 0 aliphatic heterocycles. The number of carbonyl (C=O) groups excluding carboxylic acids is 1. The zero-order chi connectivity index (χ0) is 20.4. The van der Waals surface area contributed by atoms with Crippen molar-refractivity contribution in [2.75, 3.05) is 33.2 Å². The minimum absolute atomic E-state index is 0. The molecule has 0 atom stereocenters. The van der Waals surface area contributed by atoms with E-state index in [2.05, 4.69) is 53.5 Å². The molecule has 1 amide bonds. The van der Waals surface area contributed by atoms with Gasteiger partial charge in [0.1, 0.15) is 5.82 Å². The Labute approximate surface area is 185 Å². The minimum Gasteiger partial charge on any atom is -0.355 e. The molecule has 0 aliphatic rings. The maximum atomic E-state index is 13.5. The van der Waals surface area contributed by atoms with Crippen LogP contribution in [0.1, 0.15) is 43.6 Å². The Morgan fingerprint density at radius 1 is 1.07 bits per heavy atom. The molecule has 1 rings (SSSR count).